The van der Waals surface area contributed by atoms with Gasteiger partial charge in [-0.1, -0.05) is 41.4 Å². The van der Waals surface area contributed by atoms with E-state index in [0.29, 0.717) is 10.0 Å². The fraction of sp³-hybridized carbons (Fsp3) is 0.125. The van der Waals surface area contributed by atoms with Crippen LogP contribution in [-0.2, 0) is 13.2 Å². The second-order valence-corrected chi connectivity index (χ2v) is 5.51. The fourth-order valence-corrected chi connectivity index (χ4v) is 2.72. The van der Waals surface area contributed by atoms with E-state index in [9.17, 15) is 5.11 Å². The molecule has 0 bridgehead atoms. The number of fused-ring (bicyclic) bond motifs is 1. The molecular weight excluding hydrogens is 293 g/mol. The van der Waals surface area contributed by atoms with Crippen LogP contribution >= 0.6 is 23.2 Å². The van der Waals surface area contributed by atoms with E-state index in [2.05, 4.69) is 4.57 Å². The summed E-state index contributed by atoms with van der Waals surface area (Å²) in [5, 5.41) is 11.6. The first-order chi connectivity index (χ1) is 9.69. The van der Waals surface area contributed by atoms with Crippen LogP contribution in [0.5, 0.6) is 0 Å². The number of hydrogen-bond donors (Lipinski definition) is 1. The Morgan fingerprint density at radius 3 is 2.60 bits per heavy atom. The molecule has 0 unspecified atom stereocenters. The van der Waals surface area contributed by atoms with Crippen LogP contribution in [0.2, 0.25) is 10.0 Å². The van der Waals surface area contributed by atoms with E-state index in [1.54, 1.807) is 0 Å². The first kappa shape index (κ1) is 13.5. The van der Waals surface area contributed by atoms with Crippen molar-refractivity contribution in [3.8, 4) is 0 Å². The largest absolute Gasteiger partial charge is 0.392 e. The van der Waals surface area contributed by atoms with Crippen molar-refractivity contribution in [3.63, 3.8) is 0 Å². The van der Waals surface area contributed by atoms with Crippen LogP contribution in [0.15, 0.2) is 48.7 Å². The SMILES string of the molecule is OCc1cccc2c1ccn2Cc1ccc(Cl)c(Cl)c1. The van der Waals surface area contributed by atoms with Gasteiger partial charge in [0, 0.05) is 23.6 Å². The highest BCUT2D eigenvalue weighted by atomic mass is 35.5. The summed E-state index contributed by atoms with van der Waals surface area (Å²) < 4.78 is 2.13. The van der Waals surface area contributed by atoms with E-state index in [1.807, 2.05) is 48.7 Å². The zero-order chi connectivity index (χ0) is 14.1. The number of benzene rings is 2. The molecule has 102 valence electrons. The van der Waals surface area contributed by atoms with Crippen LogP contribution in [0.4, 0.5) is 0 Å². The maximum Gasteiger partial charge on any atom is 0.0688 e. The average Bonchev–Trinajstić information content (AvgIpc) is 2.86. The molecule has 0 spiro atoms. The Labute approximate surface area is 127 Å². The zero-order valence-electron chi connectivity index (χ0n) is 10.7. The minimum atomic E-state index is 0.0497. The Kier molecular flexibility index (Phi) is 3.70. The van der Waals surface area contributed by atoms with Gasteiger partial charge in [0.15, 0.2) is 0 Å². The molecular formula is C16H13Cl2NO. The Morgan fingerprint density at radius 1 is 1.00 bits per heavy atom. The van der Waals surface area contributed by atoms with Crippen molar-refractivity contribution in [2.45, 2.75) is 13.2 Å². The molecule has 0 saturated carbocycles. The van der Waals surface area contributed by atoms with Gasteiger partial charge in [-0.2, -0.15) is 0 Å². The molecule has 0 aliphatic heterocycles. The number of aliphatic hydroxyl groups excluding tert-OH is 1. The first-order valence-electron chi connectivity index (χ1n) is 6.30. The van der Waals surface area contributed by atoms with E-state index >= 15 is 0 Å². The molecule has 0 amide bonds. The van der Waals surface area contributed by atoms with Gasteiger partial charge in [-0.15, -0.1) is 0 Å². The van der Waals surface area contributed by atoms with E-state index < -0.39 is 0 Å². The van der Waals surface area contributed by atoms with Crippen LogP contribution in [0.1, 0.15) is 11.1 Å². The van der Waals surface area contributed by atoms with Crippen LogP contribution < -0.4 is 0 Å². The summed E-state index contributed by atoms with van der Waals surface area (Å²) in [6, 6.07) is 13.6. The zero-order valence-corrected chi connectivity index (χ0v) is 12.2. The predicted octanol–water partition coefficient (Wildman–Crippen LogP) is 4.49. The number of rotatable bonds is 3. The summed E-state index contributed by atoms with van der Waals surface area (Å²) in [5.74, 6) is 0. The maximum atomic E-state index is 9.36. The molecule has 2 aromatic carbocycles. The van der Waals surface area contributed by atoms with Gasteiger partial charge in [0.2, 0.25) is 0 Å². The van der Waals surface area contributed by atoms with Gasteiger partial charge in [0.25, 0.3) is 0 Å². The third kappa shape index (κ3) is 2.42. The second-order valence-electron chi connectivity index (χ2n) is 4.70. The Balaban J connectivity index is 2.00. The van der Waals surface area contributed by atoms with Crippen molar-refractivity contribution in [2.24, 2.45) is 0 Å². The molecule has 3 aromatic rings. The molecule has 1 aromatic heterocycles. The van der Waals surface area contributed by atoms with Crippen molar-refractivity contribution in [1.29, 1.82) is 0 Å². The lowest BCUT2D eigenvalue weighted by Gasteiger charge is -2.08. The second kappa shape index (κ2) is 5.49. The molecule has 0 fully saturated rings. The molecule has 0 atom stereocenters. The van der Waals surface area contributed by atoms with E-state index in [1.165, 1.54) is 0 Å². The molecule has 0 aliphatic rings. The molecule has 0 radical (unpaired) electrons. The van der Waals surface area contributed by atoms with E-state index in [-0.39, 0.29) is 6.61 Å². The topological polar surface area (TPSA) is 25.2 Å². The highest BCUT2D eigenvalue weighted by Crippen LogP contribution is 2.25. The van der Waals surface area contributed by atoms with Crippen molar-refractivity contribution in [2.75, 3.05) is 0 Å². The predicted molar refractivity (Wildman–Crippen MR) is 83.4 cm³/mol. The quantitative estimate of drug-likeness (QED) is 0.758. The van der Waals surface area contributed by atoms with Crippen molar-refractivity contribution >= 4 is 34.1 Å². The molecule has 0 saturated heterocycles. The highest BCUT2D eigenvalue weighted by Gasteiger charge is 2.06. The van der Waals surface area contributed by atoms with Gasteiger partial charge in [-0.25, -0.2) is 0 Å². The van der Waals surface area contributed by atoms with Gasteiger partial charge in [-0.3, -0.25) is 0 Å². The number of aromatic nitrogens is 1. The van der Waals surface area contributed by atoms with Gasteiger partial charge >= 0.3 is 0 Å². The minimum Gasteiger partial charge on any atom is -0.392 e. The van der Waals surface area contributed by atoms with Crippen LogP contribution in [-0.4, -0.2) is 9.67 Å². The molecule has 3 rings (SSSR count). The molecule has 1 N–H and O–H groups in total. The van der Waals surface area contributed by atoms with Gasteiger partial charge < -0.3 is 9.67 Å². The first-order valence-corrected chi connectivity index (χ1v) is 7.06. The molecule has 2 nitrogen and oxygen atoms in total. The summed E-state index contributed by atoms with van der Waals surface area (Å²) >= 11 is 12.0. The molecule has 0 aliphatic carbocycles. The van der Waals surface area contributed by atoms with E-state index in [4.69, 9.17) is 23.2 Å². The third-order valence-electron chi connectivity index (χ3n) is 3.41. The Hall–Kier alpha value is -1.48. The molecule has 20 heavy (non-hydrogen) atoms. The fourth-order valence-electron chi connectivity index (χ4n) is 2.40. The van der Waals surface area contributed by atoms with Crippen molar-refractivity contribution < 1.29 is 5.11 Å². The number of halogens is 2. The standard InChI is InChI=1S/C16H13Cl2NO/c17-14-5-4-11(8-15(14)18)9-19-7-6-13-12(10-20)2-1-3-16(13)19/h1-8,20H,9-10H2. The lowest BCUT2D eigenvalue weighted by molar-refractivity contribution is 0.283. The Morgan fingerprint density at radius 2 is 1.85 bits per heavy atom. The van der Waals surface area contributed by atoms with Gasteiger partial charge in [0.1, 0.15) is 0 Å². The lowest BCUT2D eigenvalue weighted by atomic mass is 10.1. The molecule has 1 heterocycles. The summed E-state index contributed by atoms with van der Waals surface area (Å²) in [5.41, 5.74) is 3.13. The number of nitrogens with zero attached hydrogens (tertiary/aromatic N) is 1. The minimum absolute atomic E-state index is 0.0497. The summed E-state index contributed by atoms with van der Waals surface area (Å²) in [6.07, 6.45) is 2.02. The van der Waals surface area contributed by atoms with Crippen LogP contribution in [0.25, 0.3) is 10.9 Å². The Bertz CT molecular complexity index is 764. The normalized spacial score (nSPS) is 11.2. The number of hydrogen-bond acceptors (Lipinski definition) is 1. The van der Waals surface area contributed by atoms with Gasteiger partial charge in [0.05, 0.1) is 16.7 Å². The monoisotopic (exact) mass is 305 g/mol. The number of aliphatic hydroxyl groups is 1. The van der Waals surface area contributed by atoms with E-state index in [0.717, 1.165) is 28.6 Å². The van der Waals surface area contributed by atoms with Gasteiger partial charge in [-0.05, 0) is 35.4 Å². The summed E-state index contributed by atoms with van der Waals surface area (Å²) in [4.78, 5) is 0. The van der Waals surface area contributed by atoms with Crippen LogP contribution in [0, 0.1) is 0 Å². The van der Waals surface area contributed by atoms with Crippen molar-refractivity contribution in [3.05, 3.63) is 69.8 Å². The maximum absolute atomic E-state index is 9.36. The third-order valence-corrected chi connectivity index (χ3v) is 4.15. The lowest BCUT2D eigenvalue weighted by Crippen LogP contribution is -1.98. The van der Waals surface area contributed by atoms with Crippen LogP contribution in [0.3, 0.4) is 0 Å². The smallest absolute Gasteiger partial charge is 0.0688 e. The average molecular weight is 306 g/mol. The molecule has 4 heteroatoms. The van der Waals surface area contributed by atoms with Crippen molar-refractivity contribution in [1.82, 2.24) is 4.57 Å². The summed E-state index contributed by atoms with van der Waals surface area (Å²) in [6.45, 7) is 0.767. The highest BCUT2D eigenvalue weighted by molar-refractivity contribution is 6.42. The summed E-state index contributed by atoms with van der Waals surface area (Å²) in [7, 11) is 0.